The molecule has 0 unspecified atom stereocenters. The lowest BCUT2D eigenvalue weighted by Crippen LogP contribution is -2.49. The highest BCUT2D eigenvalue weighted by molar-refractivity contribution is 7.88. The monoisotopic (exact) mass is 607 g/mol. The summed E-state index contributed by atoms with van der Waals surface area (Å²) < 4.78 is 63.0. The minimum absolute atomic E-state index is 0.0236. The van der Waals surface area contributed by atoms with Gasteiger partial charge < -0.3 is 9.64 Å². The number of hydrogen-bond acceptors (Lipinski definition) is 7. The van der Waals surface area contributed by atoms with Crippen molar-refractivity contribution in [3.05, 3.63) is 101 Å². The number of benzene rings is 2. The third kappa shape index (κ3) is 6.45. The van der Waals surface area contributed by atoms with E-state index in [2.05, 4.69) is 17.0 Å². The Balaban J connectivity index is 1.20. The van der Waals surface area contributed by atoms with E-state index in [-0.39, 0.29) is 35.7 Å². The fourth-order valence-corrected chi connectivity index (χ4v) is 6.61. The van der Waals surface area contributed by atoms with Gasteiger partial charge in [0.15, 0.2) is 0 Å². The van der Waals surface area contributed by atoms with Gasteiger partial charge in [-0.3, -0.25) is 9.78 Å². The Hall–Kier alpha value is -4.16. The van der Waals surface area contributed by atoms with Gasteiger partial charge in [0.05, 0.1) is 29.9 Å². The Bertz CT molecular complexity index is 1780. The van der Waals surface area contributed by atoms with Crippen molar-refractivity contribution in [1.29, 1.82) is 0 Å². The molecule has 9 nitrogen and oxygen atoms in total. The van der Waals surface area contributed by atoms with Crippen LogP contribution < -0.4 is 15.2 Å². The molecule has 224 valence electrons. The summed E-state index contributed by atoms with van der Waals surface area (Å²) in [4.78, 5) is 19.8. The molecule has 0 N–H and O–H groups in total. The van der Waals surface area contributed by atoms with E-state index >= 15 is 0 Å². The predicted molar refractivity (Wildman–Crippen MR) is 159 cm³/mol. The molecule has 1 aliphatic heterocycles. The zero-order valence-corrected chi connectivity index (χ0v) is 24.4. The number of pyridine rings is 1. The van der Waals surface area contributed by atoms with E-state index in [4.69, 9.17) is 4.74 Å². The second-order valence-electron chi connectivity index (χ2n) is 11.4. The second-order valence-corrected chi connectivity index (χ2v) is 13.3. The zero-order chi connectivity index (χ0) is 30.2. The largest absolute Gasteiger partial charge is 0.486 e. The fourth-order valence-electron chi connectivity index (χ4n) is 5.10. The lowest BCUT2D eigenvalue weighted by Gasteiger charge is -2.35. The van der Waals surface area contributed by atoms with Gasteiger partial charge in [-0.05, 0) is 48.7 Å². The summed E-state index contributed by atoms with van der Waals surface area (Å²) in [6.45, 7) is 3.39. The first-order valence-electron chi connectivity index (χ1n) is 14.1. The van der Waals surface area contributed by atoms with Gasteiger partial charge in [0, 0.05) is 49.4 Å². The normalized spacial score (nSPS) is 16.7. The molecule has 0 atom stereocenters. The van der Waals surface area contributed by atoms with E-state index in [1.807, 2.05) is 41.3 Å². The maximum absolute atomic E-state index is 13.9. The molecule has 0 bridgehead atoms. The van der Waals surface area contributed by atoms with Crippen molar-refractivity contribution in [1.82, 2.24) is 19.1 Å². The molecule has 43 heavy (non-hydrogen) atoms. The molecule has 0 amide bonds. The molecule has 2 aliphatic rings. The highest BCUT2D eigenvalue weighted by Gasteiger charge is 2.39. The van der Waals surface area contributed by atoms with E-state index in [1.165, 1.54) is 10.5 Å². The highest BCUT2D eigenvalue weighted by Crippen LogP contribution is 2.45. The SMILES string of the molecule is CC1(COc2c(N3CCN(S(=O)(=O)Cc4cccc(-c5ccccn5)c4)CC3)cnn(-c3cc(F)cc(F)c3)c2=O)CC1. The Morgan fingerprint density at radius 3 is 2.37 bits per heavy atom. The third-order valence-corrected chi connectivity index (χ3v) is 9.73. The topological polar surface area (TPSA) is 97.6 Å². The predicted octanol–water partition coefficient (Wildman–Crippen LogP) is 4.40. The first kappa shape index (κ1) is 28.9. The van der Waals surface area contributed by atoms with E-state index in [0.29, 0.717) is 30.9 Å². The molecule has 1 saturated carbocycles. The molecule has 1 saturated heterocycles. The summed E-state index contributed by atoms with van der Waals surface area (Å²) in [5.74, 6) is -1.79. The van der Waals surface area contributed by atoms with Crippen LogP contribution in [0, 0.1) is 17.0 Å². The number of halogens is 2. The Morgan fingerprint density at radius 1 is 0.953 bits per heavy atom. The summed E-state index contributed by atoms with van der Waals surface area (Å²) in [6.07, 6.45) is 5.07. The van der Waals surface area contributed by atoms with Gasteiger partial charge in [0.2, 0.25) is 15.8 Å². The van der Waals surface area contributed by atoms with Crippen molar-refractivity contribution in [3.63, 3.8) is 0 Å². The van der Waals surface area contributed by atoms with Crippen LogP contribution in [0.5, 0.6) is 5.75 Å². The zero-order valence-electron chi connectivity index (χ0n) is 23.6. The molecule has 2 fully saturated rings. The Kier molecular flexibility index (Phi) is 7.74. The van der Waals surface area contributed by atoms with Gasteiger partial charge in [0.25, 0.3) is 0 Å². The van der Waals surface area contributed by atoms with Crippen LogP contribution in [0.15, 0.2) is 77.9 Å². The highest BCUT2D eigenvalue weighted by atomic mass is 32.2. The van der Waals surface area contributed by atoms with Crippen molar-refractivity contribution >= 4 is 15.7 Å². The van der Waals surface area contributed by atoms with E-state index in [9.17, 15) is 22.0 Å². The lowest BCUT2D eigenvalue weighted by molar-refractivity contribution is 0.242. The minimum Gasteiger partial charge on any atom is -0.486 e. The van der Waals surface area contributed by atoms with Crippen LogP contribution in [0.4, 0.5) is 14.5 Å². The van der Waals surface area contributed by atoms with Gasteiger partial charge in [-0.25, -0.2) is 17.2 Å². The van der Waals surface area contributed by atoms with Crippen LogP contribution in [0.3, 0.4) is 0 Å². The van der Waals surface area contributed by atoms with E-state index in [1.54, 1.807) is 12.3 Å². The smallest absolute Gasteiger partial charge is 0.316 e. The van der Waals surface area contributed by atoms with Crippen molar-refractivity contribution in [2.75, 3.05) is 37.7 Å². The third-order valence-electron chi connectivity index (χ3n) is 7.88. The first-order valence-corrected chi connectivity index (χ1v) is 15.7. The van der Waals surface area contributed by atoms with Crippen LogP contribution in [-0.2, 0) is 15.8 Å². The number of hydrogen-bond donors (Lipinski definition) is 0. The molecule has 12 heteroatoms. The van der Waals surface area contributed by atoms with Gasteiger partial charge >= 0.3 is 5.56 Å². The first-order chi connectivity index (χ1) is 20.6. The molecular formula is C31H31F2N5O4S. The second kappa shape index (κ2) is 11.5. The number of ether oxygens (including phenoxy) is 1. The minimum atomic E-state index is -3.63. The van der Waals surface area contributed by atoms with Crippen LogP contribution in [-0.4, -0.2) is 60.3 Å². The van der Waals surface area contributed by atoms with Crippen molar-refractivity contribution in [2.45, 2.75) is 25.5 Å². The number of nitrogens with zero attached hydrogens (tertiary/aromatic N) is 5. The number of sulfonamides is 1. The van der Waals surface area contributed by atoms with Crippen molar-refractivity contribution < 1.29 is 21.9 Å². The lowest BCUT2D eigenvalue weighted by atomic mass is 10.1. The van der Waals surface area contributed by atoms with Crippen LogP contribution in [0.25, 0.3) is 16.9 Å². The number of piperazine rings is 1. The Morgan fingerprint density at radius 2 is 1.70 bits per heavy atom. The summed E-state index contributed by atoms with van der Waals surface area (Å²) in [7, 11) is -3.63. The molecular weight excluding hydrogens is 576 g/mol. The number of rotatable bonds is 9. The van der Waals surface area contributed by atoms with E-state index < -0.39 is 27.2 Å². The van der Waals surface area contributed by atoms with Gasteiger partial charge in [0.1, 0.15) is 17.3 Å². The summed E-state index contributed by atoms with van der Waals surface area (Å²) >= 11 is 0. The quantitative estimate of drug-likeness (QED) is 0.278. The fraction of sp³-hybridized carbons (Fsp3) is 0.323. The molecule has 1 aliphatic carbocycles. The molecule has 4 aromatic rings. The molecule has 6 rings (SSSR count). The Labute approximate surface area is 248 Å². The maximum Gasteiger partial charge on any atom is 0.316 e. The van der Waals surface area contributed by atoms with E-state index in [0.717, 1.165) is 47.0 Å². The summed E-state index contributed by atoms with van der Waals surface area (Å²) in [5, 5.41) is 4.20. The standard InChI is InChI=1S/C31H31F2N5O4S/c1-31(8-9-31)21-42-29-28(19-35-38(30(29)39)26-17-24(32)16-25(33)18-26)36-11-13-37(14-12-36)43(40,41)20-22-5-4-6-23(15-22)27-7-2-3-10-34-27/h2-7,10,15-19H,8-9,11-14,20-21H2,1H3. The number of anilines is 1. The van der Waals surface area contributed by atoms with Gasteiger partial charge in [-0.1, -0.05) is 31.2 Å². The maximum atomic E-state index is 13.9. The van der Waals surface area contributed by atoms with Gasteiger partial charge in [-0.2, -0.15) is 14.1 Å². The van der Waals surface area contributed by atoms with Crippen molar-refractivity contribution in [3.8, 4) is 22.7 Å². The van der Waals surface area contributed by atoms with Gasteiger partial charge in [-0.15, -0.1) is 0 Å². The molecule has 3 heterocycles. The van der Waals surface area contributed by atoms with Crippen molar-refractivity contribution in [2.24, 2.45) is 5.41 Å². The van der Waals surface area contributed by atoms with Crippen LogP contribution in [0.2, 0.25) is 0 Å². The van der Waals surface area contributed by atoms with Crippen LogP contribution >= 0.6 is 0 Å². The molecule has 0 spiro atoms. The van der Waals surface area contributed by atoms with Crippen LogP contribution in [0.1, 0.15) is 25.3 Å². The average molecular weight is 608 g/mol. The molecule has 2 aromatic heterocycles. The number of aromatic nitrogens is 3. The summed E-state index contributed by atoms with van der Waals surface area (Å²) in [5.41, 5.74) is 1.95. The molecule has 2 aromatic carbocycles. The molecule has 0 radical (unpaired) electrons. The summed E-state index contributed by atoms with van der Waals surface area (Å²) in [6, 6.07) is 15.7. The average Bonchev–Trinajstić information content (AvgIpc) is 3.73.